The van der Waals surface area contributed by atoms with Crippen molar-refractivity contribution in [2.24, 2.45) is 0 Å². The molecule has 1 aromatic heterocycles. The Labute approximate surface area is 172 Å². The van der Waals surface area contributed by atoms with E-state index in [0.29, 0.717) is 22.4 Å². The molecule has 0 aliphatic carbocycles. The number of hydrogen-bond acceptors (Lipinski definition) is 6. The van der Waals surface area contributed by atoms with Gasteiger partial charge in [0.05, 0.1) is 19.7 Å². The number of carbonyl (C=O) groups is 3. The molecule has 0 bridgehead atoms. The molecule has 3 amide bonds. The zero-order valence-electron chi connectivity index (χ0n) is 16.5. The third-order valence-electron chi connectivity index (χ3n) is 4.22. The summed E-state index contributed by atoms with van der Waals surface area (Å²) in [6.07, 6.45) is 0. The molecule has 9 nitrogen and oxygen atoms in total. The van der Waals surface area contributed by atoms with Crippen molar-refractivity contribution in [1.29, 1.82) is 0 Å². The fourth-order valence-electron chi connectivity index (χ4n) is 2.77. The van der Waals surface area contributed by atoms with E-state index in [-0.39, 0.29) is 12.2 Å². The highest BCUT2D eigenvalue weighted by molar-refractivity contribution is 5.99. The van der Waals surface area contributed by atoms with Gasteiger partial charge in [0.2, 0.25) is 0 Å². The number of hydrogen-bond donors (Lipinski definition) is 3. The first-order chi connectivity index (χ1) is 14.5. The van der Waals surface area contributed by atoms with Crippen LogP contribution in [-0.4, -0.2) is 43.7 Å². The highest BCUT2D eigenvalue weighted by Gasteiger charge is 2.17. The highest BCUT2D eigenvalue weighted by Crippen LogP contribution is 2.31. The fourth-order valence-corrected chi connectivity index (χ4v) is 2.77. The number of ether oxygens (including phenoxy) is 3. The van der Waals surface area contributed by atoms with Crippen LogP contribution in [0.1, 0.15) is 16.1 Å². The van der Waals surface area contributed by atoms with Crippen LogP contribution < -0.4 is 20.1 Å². The Balaban J connectivity index is 1.53. The van der Waals surface area contributed by atoms with Crippen molar-refractivity contribution < 1.29 is 28.6 Å². The fraction of sp³-hybridized carbons (Fsp3) is 0.190. The van der Waals surface area contributed by atoms with Gasteiger partial charge >= 0.3 is 12.0 Å². The molecule has 0 spiro atoms. The zero-order valence-corrected chi connectivity index (χ0v) is 16.5. The lowest BCUT2D eigenvalue weighted by Crippen LogP contribution is -2.41. The summed E-state index contributed by atoms with van der Waals surface area (Å²) < 4.78 is 15.5. The number of aromatic nitrogens is 1. The summed E-state index contributed by atoms with van der Waals surface area (Å²) in [5.41, 5.74) is 1.62. The summed E-state index contributed by atoms with van der Waals surface area (Å²) in [7, 11) is 3.03. The number of nitrogens with one attached hydrogen (secondary N) is 3. The van der Waals surface area contributed by atoms with Crippen molar-refractivity contribution in [2.45, 2.75) is 6.54 Å². The minimum Gasteiger partial charge on any atom is -0.497 e. The molecule has 0 saturated carbocycles. The molecule has 2 aromatic carbocycles. The Hall–Kier alpha value is -4.01. The Bertz CT molecular complexity index is 1060. The van der Waals surface area contributed by atoms with Crippen LogP contribution in [0.15, 0.2) is 48.5 Å². The number of H-pyrrole nitrogens is 1. The maximum atomic E-state index is 12.3. The van der Waals surface area contributed by atoms with Crippen molar-refractivity contribution in [2.75, 3.05) is 20.8 Å². The van der Waals surface area contributed by atoms with E-state index in [1.807, 2.05) is 30.3 Å². The molecular formula is C21H21N3O6. The lowest BCUT2D eigenvalue weighted by Gasteiger charge is -2.07. The molecule has 3 aromatic rings. The van der Waals surface area contributed by atoms with Crippen LogP contribution in [-0.2, 0) is 16.1 Å². The number of fused-ring (bicyclic) bond motifs is 1. The Morgan fingerprint density at radius 3 is 2.47 bits per heavy atom. The lowest BCUT2D eigenvalue weighted by atomic mass is 10.2. The van der Waals surface area contributed by atoms with Crippen molar-refractivity contribution in [3.8, 4) is 11.5 Å². The number of imide groups is 1. The van der Waals surface area contributed by atoms with Gasteiger partial charge in [-0.25, -0.2) is 9.59 Å². The quantitative estimate of drug-likeness (QED) is 0.514. The van der Waals surface area contributed by atoms with Crippen LogP contribution in [0, 0.1) is 0 Å². The van der Waals surface area contributed by atoms with E-state index in [2.05, 4.69) is 15.6 Å². The normalized spacial score (nSPS) is 10.3. The second-order valence-electron chi connectivity index (χ2n) is 6.27. The first-order valence-electron chi connectivity index (χ1n) is 9.03. The molecular weight excluding hydrogens is 390 g/mol. The molecule has 0 saturated heterocycles. The average Bonchev–Trinajstić information content (AvgIpc) is 3.20. The largest absolute Gasteiger partial charge is 0.497 e. The molecule has 0 aliphatic rings. The molecule has 0 atom stereocenters. The smallest absolute Gasteiger partial charge is 0.355 e. The predicted molar refractivity (Wildman–Crippen MR) is 109 cm³/mol. The molecule has 1 heterocycles. The molecule has 3 N–H and O–H groups in total. The number of carbonyl (C=O) groups excluding carboxylic acids is 3. The maximum Gasteiger partial charge on any atom is 0.355 e. The molecule has 30 heavy (non-hydrogen) atoms. The molecule has 0 aliphatic heterocycles. The number of benzene rings is 2. The van der Waals surface area contributed by atoms with E-state index in [0.717, 1.165) is 5.56 Å². The van der Waals surface area contributed by atoms with Gasteiger partial charge in [-0.15, -0.1) is 0 Å². The predicted octanol–water partition coefficient (Wildman–Crippen LogP) is 2.37. The van der Waals surface area contributed by atoms with E-state index in [1.54, 1.807) is 18.2 Å². The van der Waals surface area contributed by atoms with Gasteiger partial charge in [0.1, 0.15) is 17.2 Å². The van der Waals surface area contributed by atoms with Gasteiger partial charge in [0.15, 0.2) is 6.61 Å². The highest BCUT2D eigenvalue weighted by atomic mass is 16.5. The van der Waals surface area contributed by atoms with Crippen molar-refractivity contribution in [3.05, 3.63) is 59.8 Å². The number of methoxy groups -OCH3 is 2. The molecule has 3 rings (SSSR count). The summed E-state index contributed by atoms with van der Waals surface area (Å²) in [5.74, 6) is -0.424. The molecule has 156 valence electrons. The minimum atomic E-state index is -0.746. The summed E-state index contributed by atoms with van der Waals surface area (Å²) >= 11 is 0. The van der Waals surface area contributed by atoms with Crippen LogP contribution in [0.4, 0.5) is 4.79 Å². The third kappa shape index (κ3) is 5.07. The summed E-state index contributed by atoms with van der Waals surface area (Å²) in [6.45, 7) is -0.340. The number of amides is 3. The third-order valence-corrected chi connectivity index (χ3v) is 4.22. The van der Waals surface area contributed by atoms with E-state index in [1.165, 1.54) is 14.2 Å². The first kappa shape index (κ1) is 20.7. The van der Waals surface area contributed by atoms with Crippen LogP contribution in [0.2, 0.25) is 0 Å². The van der Waals surface area contributed by atoms with Crippen LogP contribution in [0.25, 0.3) is 10.9 Å². The molecule has 9 heteroatoms. The van der Waals surface area contributed by atoms with Crippen molar-refractivity contribution in [1.82, 2.24) is 15.6 Å². The van der Waals surface area contributed by atoms with E-state index in [9.17, 15) is 14.4 Å². The lowest BCUT2D eigenvalue weighted by molar-refractivity contribution is -0.123. The SMILES string of the molecule is COc1cc(OC)c2[nH]c(C(=O)OCC(=O)NC(=O)NCc3ccccc3)cc2c1. The summed E-state index contributed by atoms with van der Waals surface area (Å²) in [4.78, 5) is 38.8. The van der Waals surface area contributed by atoms with Gasteiger partial charge in [-0.3, -0.25) is 10.1 Å². The van der Waals surface area contributed by atoms with Gasteiger partial charge < -0.3 is 24.5 Å². The topological polar surface area (TPSA) is 119 Å². The molecule has 0 radical (unpaired) electrons. The van der Waals surface area contributed by atoms with Gasteiger partial charge in [0, 0.05) is 18.0 Å². The standard InChI is InChI=1S/C21H21N3O6/c1-28-15-8-14-9-16(23-19(14)17(10-15)29-2)20(26)30-12-18(25)24-21(27)22-11-13-6-4-3-5-7-13/h3-10,23H,11-12H2,1-2H3,(H2,22,24,25,27). The van der Waals surface area contributed by atoms with Gasteiger partial charge in [0.25, 0.3) is 5.91 Å². The molecule has 0 unspecified atom stereocenters. The van der Waals surface area contributed by atoms with Crippen molar-refractivity contribution >= 4 is 28.8 Å². The number of urea groups is 1. The van der Waals surface area contributed by atoms with Crippen molar-refractivity contribution in [3.63, 3.8) is 0 Å². The van der Waals surface area contributed by atoms with Gasteiger partial charge in [-0.2, -0.15) is 0 Å². The average molecular weight is 411 g/mol. The zero-order chi connectivity index (χ0) is 21.5. The Kier molecular flexibility index (Phi) is 6.53. The first-order valence-corrected chi connectivity index (χ1v) is 9.03. The van der Waals surface area contributed by atoms with Crippen LogP contribution in [0.5, 0.6) is 11.5 Å². The second kappa shape index (κ2) is 9.46. The maximum absolute atomic E-state index is 12.3. The Morgan fingerprint density at radius 2 is 1.77 bits per heavy atom. The van der Waals surface area contributed by atoms with Crippen LogP contribution in [0.3, 0.4) is 0 Å². The van der Waals surface area contributed by atoms with Gasteiger partial charge in [-0.05, 0) is 17.7 Å². The van der Waals surface area contributed by atoms with E-state index in [4.69, 9.17) is 14.2 Å². The van der Waals surface area contributed by atoms with Crippen LogP contribution >= 0.6 is 0 Å². The second-order valence-corrected chi connectivity index (χ2v) is 6.27. The summed E-state index contributed by atoms with van der Waals surface area (Å²) in [6, 6.07) is 13.5. The summed E-state index contributed by atoms with van der Waals surface area (Å²) in [5, 5.41) is 5.33. The Morgan fingerprint density at radius 1 is 1.00 bits per heavy atom. The monoisotopic (exact) mass is 411 g/mol. The number of aromatic amines is 1. The van der Waals surface area contributed by atoms with E-state index < -0.39 is 24.5 Å². The number of rotatable bonds is 7. The number of esters is 1. The van der Waals surface area contributed by atoms with E-state index >= 15 is 0 Å². The molecule has 0 fully saturated rings. The van der Waals surface area contributed by atoms with Gasteiger partial charge in [-0.1, -0.05) is 30.3 Å². The minimum absolute atomic E-state index is 0.137.